The van der Waals surface area contributed by atoms with E-state index in [0.717, 1.165) is 32.6 Å². The molecule has 0 radical (unpaired) electrons. The molecule has 6 heteroatoms. The number of para-hydroxylation sites is 2. The second-order valence-corrected chi connectivity index (χ2v) is 5.89. The van der Waals surface area contributed by atoms with Crippen molar-refractivity contribution in [3.8, 4) is 10.6 Å². The molecule has 2 aromatic carbocycles. The highest BCUT2D eigenvalue weighted by molar-refractivity contribution is 7.14. The monoisotopic (exact) mass is 307 g/mol. The highest BCUT2D eigenvalue weighted by atomic mass is 32.1. The third kappa shape index (κ3) is 2.56. The third-order valence-corrected chi connectivity index (χ3v) is 4.26. The molecule has 4 rings (SSSR count). The van der Waals surface area contributed by atoms with E-state index in [-0.39, 0.29) is 0 Å². The zero-order chi connectivity index (χ0) is 14.8. The van der Waals surface area contributed by atoms with Gasteiger partial charge in [0.05, 0.1) is 17.6 Å². The number of hydrogen-bond donors (Lipinski definition) is 2. The van der Waals surface area contributed by atoms with Gasteiger partial charge in [-0.05, 0) is 12.1 Å². The number of fused-ring (bicyclic) bond motifs is 1. The van der Waals surface area contributed by atoms with Crippen LogP contribution in [0.3, 0.4) is 0 Å². The number of nitrogens with zero attached hydrogens (tertiary/aromatic N) is 3. The Labute approximate surface area is 131 Å². The zero-order valence-corrected chi connectivity index (χ0v) is 12.5. The van der Waals surface area contributed by atoms with Crippen molar-refractivity contribution in [3.05, 3.63) is 59.6 Å². The molecule has 0 atom stereocenters. The molecule has 2 aromatic heterocycles. The van der Waals surface area contributed by atoms with E-state index < -0.39 is 0 Å². The average Bonchev–Trinajstić information content (AvgIpc) is 3.20. The number of aromatic nitrogens is 4. The number of anilines is 1. The largest absolute Gasteiger partial charge is 0.349 e. The first kappa shape index (κ1) is 13.0. The first-order valence-corrected chi connectivity index (χ1v) is 7.76. The van der Waals surface area contributed by atoms with Crippen LogP contribution in [0.1, 0.15) is 5.01 Å². The van der Waals surface area contributed by atoms with Crippen molar-refractivity contribution in [3.63, 3.8) is 0 Å². The lowest BCUT2D eigenvalue weighted by molar-refractivity contribution is 0.982. The molecule has 0 spiro atoms. The molecule has 0 aliphatic heterocycles. The molecule has 22 heavy (non-hydrogen) atoms. The molecule has 0 bridgehead atoms. The third-order valence-electron chi connectivity index (χ3n) is 3.28. The highest BCUT2D eigenvalue weighted by Crippen LogP contribution is 2.23. The normalized spacial score (nSPS) is 10.9. The van der Waals surface area contributed by atoms with Crippen molar-refractivity contribution in [2.24, 2.45) is 0 Å². The molecular weight excluding hydrogens is 294 g/mol. The first-order valence-electron chi connectivity index (χ1n) is 6.95. The summed E-state index contributed by atoms with van der Waals surface area (Å²) in [7, 11) is 0. The Morgan fingerprint density at radius 3 is 2.64 bits per heavy atom. The topological polar surface area (TPSA) is 66.5 Å². The van der Waals surface area contributed by atoms with Gasteiger partial charge in [0.25, 0.3) is 0 Å². The van der Waals surface area contributed by atoms with Crippen LogP contribution in [0.2, 0.25) is 0 Å². The number of benzene rings is 2. The first-order chi connectivity index (χ1) is 10.9. The maximum Gasteiger partial charge on any atom is 0.201 e. The van der Waals surface area contributed by atoms with Crippen molar-refractivity contribution >= 4 is 28.3 Å². The lowest BCUT2D eigenvalue weighted by atomic mass is 10.2. The fraction of sp³-hybridized carbons (Fsp3) is 0.0625. The van der Waals surface area contributed by atoms with Crippen molar-refractivity contribution in [2.75, 3.05) is 5.32 Å². The standard InChI is InChI=1S/C16H13N5S/c1-2-6-11(7-3-1)15-21-20-14(22-15)10-17-16-18-12-8-4-5-9-13(12)19-16/h1-9H,10H2,(H2,17,18,19). The summed E-state index contributed by atoms with van der Waals surface area (Å²) in [5.74, 6) is 0.748. The molecular formula is C16H13N5S. The lowest BCUT2D eigenvalue weighted by Gasteiger charge is -1.97. The maximum absolute atomic E-state index is 4.48. The Morgan fingerprint density at radius 1 is 0.955 bits per heavy atom. The van der Waals surface area contributed by atoms with Crippen molar-refractivity contribution in [1.82, 2.24) is 20.2 Å². The Kier molecular flexibility index (Phi) is 3.29. The molecule has 2 heterocycles. The van der Waals surface area contributed by atoms with Gasteiger partial charge in [-0.2, -0.15) is 0 Å². The summed E-state index contributed by atoms with van der Waals surface area (Å²) in [6.45, 7) is 0.602. The van der Waals surface area contributed by atoms with Crippen molar-refractivity contribution in [2.45, 2.75) is 6.54 Å². The van der Waals surface area contributed by atoms with Crippen LogP contribution in [-0.4, -0.2) is 20.2 Å². The second kappa shape index (κ2) is 5.57. The van der Waals surface area contributed by atoms with Gasteiger partial charge < -0.3 is 10.3 Å². The van der Waals surface area contributed by atoms with Crippen LogP contribution in [0.4, 0.5) is 5.95 Å². The molecule has 5 nitrogen and oxygen atoms in total. The Hall–Kier alpha value is -2.73. The minimum atomic E-state index is 0.602. The van der Waals surface area contributed by atoms with Crippen LogP contribution in [0, 0.1) is 0 Å². The summed E-state index contributed by atoms with van der Waals surface area (Å²) in [5.41, 5.74) is 3.06. The SMILES string of the molecule is c1ccc(-c2nnc(CNc3nc4ccccc4[nH]3)s2)cc1. The van der Waals surface area contributed by atoms with Crippen molar-refractivity contribution in [1.29, 1.82) is 0 Å². The number of hydrogen-bond acceptors (Lipinski definition) is 5. The minimum Gasteiger partial charge on any atom is -0.349 e. The summed E-state index contributed by atoms with van der Waals surface area (Å²) in [5, 5.41) is 13.6. The predicted molar refractivity (Wildman–Crippen MR) is 88.8 cm³/mol. The quantitative estimate of drug-likeness (QED) is 0.603. The molecule has 0 saturated heterocycles. The van der Waals surface area contributed by atoms with E-state index in [0.29, 0.717) is 6.54 Å². The summed E-state index contributed by atoms with van der Waals surface area (Å²) in [6, 6.07) is 18.0. The van der Waals surface area contributed by atoms with Gasteiger partial charge in [-0.25, -0.2) is 4.98 Å². The number of H-pyrrole nitrogens is 1. The van der Waals surface area contributed by atoms with Crippen LogP contribution in [0.25, 0.3) is 21.6 Å². The molecule has 108 valence electrons. The summed E-state index contributed by atoms with van der Waals surface area (Å²) in [4.78, 5) is 7.72. The Bertz CT molecular complexity index is 864. The van der Waals surface area contributed by atoms with E-state index in [4.69, 9.17) is 0 Å². The molecule has 0 amide bonds. The molecule has 2 N–H and O–H groups in total. The van der Waals surface area contributed by atoms with E-state index >= 15 is 0 Å². The van der Waals surface area contributed by atoms with Gasteiger partial charge in [0.2, 0.25) is 5.95 Å². The molecule has 0 unspecified atom stereocenters. The van der Waals surface area contributed by atoms with Gasteiger partial charge in [0, 0.05) is 5.56 Å². The van der Waals surface area contributed by atoms with Gasteiger partial charge in [-0.3, -0.25) is 0 Å². The fourth-order valence-corrected chi connectivity index (χ4v) is 3.00. The molecule has 0 saturated carbocycles. The van der Waals surface area contributed by atoms with Gasteiger partial charge >= 0.3 is 0 Å². The fourth-order valence-electron chi connectivity index (χ4n) is 2.22. The van der Waals surface area contributed by atoms with E-state index in [1.165, 1.54) is 0 Å². The Balaban J connectivity index is 1.49. The summed E-state index contributed by atoms with van der Waals surface area (Å²) >= 11 is 1.59. The zero-order valence-electron chi connectivity index (χ0n) is 11.7. The van der Waals surface area contributed by atoms with E-state index in [1.807, 2.05) is 54.6 Å². The van der Waals surface area contributed by atoms with Gasteiger partial charge in [-0.1, -0.05) is 53.8 Å². The molecule has 4 aromatic rings. The van der Waals surface area contributed by atoms with Crippen molar-refractivity contribution < 1.29 is 0 Å². The molecule has 0 aliphatic rings. The number of nitrogens with one attached hydrogen (secondary N) is 2. The minimum absolute atomic E-state index is 0.602. The van der Waals surface area contributed by atoms with E-state index in [1.54, 1.807) is 11.3 Å². The van der Waals surface area contributed by atoms with Crippen LogP contribution in [-0.2, 0) is 6.54 Å². The van der Waals surface area contributed by atoms with Gasteiger partial charge in [0.15, 0.2) is 0 Å². The van der Waals surface area contributed by atoms with Gasteiger partial charge in [0.1, 0.15) is 10.0 Å². The van der Waals surface area contributed by atoms with Crippen LogP contribution >= 0.6 is 11.3 Å². The van der Waals surface area contributed by atoms with Crippen LogP contribution in [0.5, 0.6) is 0 Å². The second-order valence-electron chi connectivity index (χ2n) is 4.82. The van der Waals surface area contributed by atoms with Crippen LogP contribution in [0.15, 0.2) is 54.6 Å². The maximum atomic E-state index is 4.48. The summed E-state index contributed by atoms with van der Waals surface area (Å²) < 4.78 is 0. The lowest BCUT2D eigenvalue weighted by Crippen LogP contribution is -2.00. The van der Waals surface area contributed by atoms with Gasteiger partial charge in [-0.15, -0.1) is 10.2 Å². The Morgan fingerprint density at radius 2 is 1.77 bits per heavy atom. The smallest absolute Gasteiger partial charge is 0.201 e. The summed E-state index contributed by atoms with van der Waals surface area (Å²) in [6.07, 6.45) is 0. The average molecular weight is 307 g/mol. The molecule has 0 fully saturated rings. The number of rotatable bonds is 4. The number of imidazole rings is 1. The molecule has 0 aliphatic carbocycles. The predicted octanol–water partition coefficient (Wildman–Crippen LogP) is 3.69. The number of aromatic amines is 1. The highest BCUT2D eigenvalue weighted by Gasteiger charge is 2.07. The van der Waals surface area contributed by atoms with E-state index in [9.17, 15) is 0 Å². The van der Waals surface area contributed by atoms with E-state index in [2.05, 4.69) is 25.5 Å². The van der Waals surface area contributed by atoms with Crippen LogP contribution < -0.4 is 5.32 Å².